The molecule has 0 spiro atoms. The van der Waals surface area contributed by atoms with E-state index in [1.165, 1.54) is 18.2 Å². The zero-order chi connectivity index (χ0) is 20.0. The molecule has 2 N–H and O–H groups in total. The maximum atomic E-state index is 12.1. The highest BCUT2D eigenvalue weighted by atomic mass is 35.5. The van der Waals surface area contributed by atoms with Crippen molar-refractivity contribution in [2.45, 2.75) is 4.90 Å². The van der Waals surface area contributed by atoms with E-state index in [4.69, 9.17) is 39.5 Å². The average Bonchev–Trinajstić information content (AvgIpc) is 2.60. The summed E-state index contributed by atoms with van der Waals surface area (Å²) in [7, 11) is -4.00. The monoisotopic (exact) mass is 450 g/mol. The highest BCUT2D eigenvalue weighted by Crippen LogP contribution is 2.24. The maximum absolute atomic E-state index is 12.1. The van der Waals surface area contributed by atoms with Crippen LogP contribution in [0.4, 0.5) is 5.69 Å². The Morgan fingerprint density at radius 2 is 1.74 bits per heavy atom. The molecule has 0 saturated heterocycles. The maximum Gasteiger partial charge on any atom is 0.321 e. The number of amides is 1. The van der Waals surface area contributed by atoms with Gasteiger partial charge in [0, 0.05) is 10.7 Å². The summed E-state index contributed by atoms with van der Waals surface area (Å²) < 4.78 is 31.0. The van der Waals surface area contributed by atoms with Crippen molar-refractivity contribution >= 4 is 62.4 Å². The Morgan fingerprint density at radius 3 is 2.41 bits per heavy atom. The lowest BCUT2D eigenvalue weighted by Crippen LogP contribution is -2.32. The number of carbonyl (C=O) groups excluding carboxylic acids is 2. The second-order valence-corrected chi connectivity index (χ2v) is 8.14. The van der Waals surface area contributed by atoms with Crippen molar-refractivity contribution in [2.75, 3.05) is 18.5 Å². The third-order valence-electron chi connectivity index (χ3n) is 3.08. The molecule has 0 radical (unpaired) electrons. The van der Waals surface area contributed by atoms with Crippen LogP contribution in [0.3, 0.4) is 0 Å². The molecule has 11 heteroatoms. The minimum Gasteiger partial charge on any atom is -0.455 e. The lowest BCUT2D eigenvalue weighted by atomic mass is 10.3. The fourth-order valence-electron chi connectivity index (χ4n) is 1.84. The minimum atomic E-state index is -4.00. The molecule has 0 aliphatic carbocycles. The van der Waals surface area contributed by atoms with Crippen LogP contribution in [0.1, 0.15) is 0 Å². The van der Waals surface area contributed by atoms with E-state index in [0.29, 0.717) is 10.7 Å². The summed E-state index contributed by atoms with van der Waals surface area (Å²) in [5, 5.41) is 3.16. The number of benzene rings is 2. The Kier molecular flexibility index (Phi) is 7.46. The van der Waals surface area contributed by atoms with Gasteiger partial charge >= 0.3 is 5.97 Å². The molecule has 0 fully saturated rings. The Bertz CT molecular complexity index is 966. The molecule has 0 bridgehead atoms. The van der Waals surface area contributed by atoms with E-state index < -0.39 is 35.1 Å². The van der Waals surface area contributed by atoms with E-state index in [1.54, 1.807) is 18.2 Å². The number of carbonyl (C=O) groups is 2. The average molecular weight is 452 g/mol. The second kappa shape index (κ2) is 9.38. The van der Waals surface area contributed by atoms with Gasteiger partial charge in [-0.1, -0.05) is 40.9 Å². The van der Waals surface area contributed by atoms with Gasteiger partial charge in [0.2, 0.25) is 10.0 Å². The van der Waals surface area contributed by atoms with Crippen molar-refractivity contribution in [1.29, 1.82) is 0 Å². The van der Waals surface area contributed by atoms with Crippen LogP contribution in [-0.4, -0.2) is 33.4 Å². The molecule has 0 saturated carbocycles. The number of nitrogens with one attached hydrogen (secondary N) is 2. The third kappa shape index (κ3) is 6.67. The Morgan fingerprint density at radius 1 is 1.00 bits per heavy atom. The van der Waals surface area contributed by atoms with Gasteiger partial charge < -0.3 is 10.1 Å². The zero-order valence-electron chi connectivity index (χ0n) is 13.5. The van der Waals surface area contributed by atoms with Gasteiger partial charge in [-0.15, -0.1) is 0 Å². The number of anilines is 1. The second-order valence-electron chi connectivity index (χ2n) is 5.12. The smallest absolute Gasteiger partial charge is 0.321 e. The molecule has 0 unspecified atom stereocenters. The van der Waals surface area contributed by atoms with Crippen molar-refractivity contribution in [1.82, 2.24) is 4.72 Å². The van der Waals surface area contributed by atoms with Gasteiger partial charge in [-0.2, -0.15) is 4.72 Å². The van der Waals surface area contributed by atoms with Crippen LogP contribution in [-0.2, 0) is 24.3 Å². The number of ether oxygens (including phenoxy) is 1. The van der Waals surface area contributed by atoms with Crippen molar-refractivity contribution in [2.24, 2.45) is 0 Å². The van der Waals surface area contributed by atoms with Gasteiger partial charge in [0.1, 0.15) is 6.54 Å². The fourth-order valence-corrected chi connectivity index (χ4v) is 3.39. The van der Waals surface area contributed by atoms with Crippen LogP contribution >= 0.6 is 34.8 Å². The van der Waals surface area contributed by atoms with E-state index in [2.05, 4.69) is 5.32 Å². The Hall–Kier alpha value is -1.84. The van der Waals surface area contributed by atoms with Gasteiger partial charge in [-0.25, -0.2) is 8.42 Å². The van der Waals surface area contributed by atoms with Gasteiger partial charge in [-0.05, 0) is 36.4 Å². The summed E-state index contributed by atoms with van der Waals surface area (Å²) in [6.45, 7) is -1.24. The molecule has 27 heavy (non-hydrogen) atoms. The highest BCUT2D eigenvalue weighted by Gasteiger charge is 2.18. The van der Waals surface area contributed by atoms with Crippen LogP contribution in [0.5, 0.6) is 0 Å². The third-order valence-corrected chi connectivity index (χ3v) is 5.45. The topological polar surface area (TPSA) is 102 Å². The molecular weight excluding hydrogens is 439 g/mol. The van der Waals surface area contributed by atoms with Crippen LogP contribution in [0.15, 0.2) is 47.4 Å². The molecule has 2 aromatic carbocycles. The van der Waals surface area contributed by atoms with Crippen molar-refractivity contribution in [3.8, 4) is 0 Å². The minimum absolute atomic E-state index is 0.0554. The van der Waals surface area contributed by atoms with E-state index in [0.717, 1.165) is 6.07 Å². The van der Waals surface area contributed by atoms with Crippen LogP contribution in [0.2, 0.25) is 15.1 Å². The molecule has 1 amide bonds. The number of hydrogen-bond donors (Lipinski definition) is 2. The molecule has 2 rings (SSSR count). The summed E-state index contributed by atoms with van der Waals surface area (Å²) in [6, 6.07) is 10.1. The number of halogens is 3. The predicted octanol–water partition coefficient (Wildman–Crippen LogP) is 3.11. The first-order chi connectivity index (χ1) is 12.7. The van der Waals surface area contributed by atoms with Crippen LogP contribution < -0.4 is 10.0 Å². The number of rotatable bonds is 7. The Balaban J connectivity index is 1.83. The van der Waals surface area contributed by atoms with Crippen molar-refractivity contribution < 1.29 is 22.7 Å². The molecule has 0 heterocycles. The van der Waals surface area contributed by atoms with Gasteiger partial charge in [0.25, 0.3) is 5.91 Å². The molecule has 0 atom stereocenters. The molecule has 7 nitrogen and oxygen atoms in total. The van der Waals surface area contributed by atoms with E-state index in [9.17, 15) is 18.0 Å². The normalized spacial score (nSPS) is 11.1. The van der Waals surface area contributed by atoms with Gasteiger partial charge in [0.05, 0.1) is 14.9 Å². The fraction of sp³-hybridized carbons (Fsp3) is 0.125. The van der Waals surface area contributed by atoms with E-state index in [-0.39, 0.29) is 14.9 Å². The summed E-state index contributed by atoms with van der Waals surface area (Å²) >= 11 is 17.3. The Labute approximate surface area is 170 Å². The summed E-state index contributed by atoms with van der Waals surface area (Å²) in [6.07, 6.45) is 0. The SMILES string of the molecule is O=C(COC(=O)CNS(=O)(=O)c1ccc(Cl)c(Cl)c1)Nc1cccc(Cl)c1. The first kappa shape index (κ1) is 21.5. The van der Waals surface area contributed by atoms with E-state index >= 15 is 0 Å². The molecule has 144 valence electrons. The standard InChI is InChI=1S/C16H13Cl3N2O5S/c17-10-2-1-3-11(6-10)21-15(22)9-26-16(23)8-20-27(24,25)12-4-5-13(18)14(19)7-12/h1-7,20H,8-9H2,(H,21,22). The quantitative estimate of drug-likeness (QED) is 0.630. The molecular formula is C16H13Cl3N2O5S. The molecule has 0 aliphatic rings. The number of sulfonamides is 1. The van der Waals surface area contributed by atoms with E-state index in [1.807, 2.05) is 4.72 Å². The number of esters is 1. The zero-order valence-corrected chi connectivity index (χ0v) is 16.6. The first-order valence-corrected chi connectivity index (χ1v) is 9.95. The molecule has 2 aromatic rings. The first-order valence-electron chi connectivity index (χ1n) is 7.33. The summed E-state index contributed by atoms with van der Waals surface area (Å²) in [5.41, 5.74) is 0.434. The van der Waals surface area contributed by atoms with Crippen molar-refractivity contribution in [3.05, 3.63) is 57.5 Å². The van der Waals surface area contributed by atoms with Crippen LogP contribution in [0.25, 0.3) is 0 Å². The van der Waals surface area contributed by atoms with Gasteiger partial charge in [0.15, 0.2) is 6.61 Å². The molecule has 0 aliphatic heterocycles. The largest absolute Gasteiger partial charge is 0.455 e. The number of hydrogen-bond acceptors (Lipinski definition) is 5. The summed E-state index contributed by atoms with van der Waals surface area (Å²) in [5.74, 6) is -1.53. The lowest BCUT2D eigenvalue weighted by molar-refractivity contribution is -0.146. The lowest BCUT2D eigenvalue weighted by Gasteiger charge is -2.09. The van der Waals surface area contributed by atoms with Crippen molar-refractivity contribution in [3.63, 3.8) is 0 Å². The van der Waals surface area contributed by atoms with Crippen LogP contribution in [0, 0.1) is 0 Å². The summed E-state index contributed by atoms with van der Waals surface area (Å²) in [4.78, 5) is 23.2. The highest BCUT2D eigenvalue weighted by molar-refractivity contribution is 7.89. The van der Waals surface area contributed by atoms with Gasteiger partial charge in [-0.3, -0.25) is 9.59 Å². The molecule has 0 aromatic heterocycles. The predicted molar refractivity (Wildman–Crippen MR) is 103 cm³/mol.